The lowest BCUT2D eigenvalue weighted by molar-refractivity contribution is -0.121. The lowest BCUT2D eigenvalue weighted by Crippen LogP contribution is -2.35. The van der Waals surface area contributed by atoms with Crippen LogP contribution >= 0.6 is 11.6 Å². The molecular weight excluding hydrogens is 338 g/mol. The number of amides is 1. The summed E-state index contributed by atoms with van der Waals surface area (Å²) in [4.78, 5) is 17.9. The van der Waals surface area contributed by atoms with Gasteiger partial charge in [0, 0.05) is 19.2 Å². The van der Waals surface area contributed by atoms with E-state index in [0.717, 1.165) is 12.8 Å². The summed E-state index contributed by atoms with van der Waals surface area (Å²) in [6.07, 6.45) is 6.45. The van der Waals surface area contributed by atoms with Crippen LogP contribution in [0.1, 0.15) is 19.3 Å². The highest BCUT2D eigenvalue weighted by Crippen LogP contribution is 2.50. The van der Waals surface area contributed by atoms with Crippen LogP contribution in [-0.4, -0.2) is 33.1 Å². The minimum Gasteiger partial charge on any atom is -0.308 e. The number of rotatable bonds is 5. The Morgan fingerprint density at radius 3 is 2.79 bits per heavy atom. The lowest BCUT2D eigenvalue weighted by atomic mass is 10.2. The Morgan fingerprint density at radius 2 is 2.21 bits per heavy atom. The Balaban J connectivity index is 1.65. The van der Waals surface area contributed by atoms with Gasteiger partial charge in [0.15, 0.2) is 5.15 Å². The maximum absolute atomic E-state index is 13.3. The van der Waals surface area contributed by atoms with E-state index >= 15 is 0 Å². The second kappa shape index (κ2) is 5.51. The lowest BCUT2D eigenvalue weighted by Gasteiger charge is -2.21. The zero-order valence-electron chi connectivity index (χ0n) is 12.7. The summed E-state index contributed by atoms with van der Waals surface area (Å²) in [6.45, 7) is 0.407. The monoisotopic (exact) mass is 352 g/mol. The zero-order valence-corrected chi connectivity index (χ0v) is 13.5. The number of hydrogen-bond acceptors (Lipinski definition) is 3. The molecule has 1 atom stereocenters. The Morgan fingerprint density at radius 1 is 1.46 bits per heavy atom. The standard InChI is InChI=1S/C16H15ClF2N4O/c17-14-13(9-23(21-14)11-2-1-5-20-7-11)22(8-10-3-4-10)15(24)12-6-16(12,18)19/h1-2,5,7,9-10,12H,3-4,6,8H2. The first-order chi connectivity index (χ1) is 11.5. The second-order valence-corrected chi connectivity index (χ2v) is 6.73. The third kappa shape index (κ3) is 2.88. The van der Waals surface area contributed by atoms with Crippen LogP contribution < -0.4 is 4.90 Å². The second-order valence-electron chi connectivity index (χ2n) is 6.37. The van der Waals surface area contributed by atoms with Gasteiger partial charge in [-0.3, -0.25) is 9.78 Å². The quantitative estimate of drug-likeness (QED) is 0.829. The maximum Gasteiger partial charge on any atom is 0.260 e. The van der Waals surface area contributed by atoms with E-state index < -0.39 is 17.7 Å². The fourth-order valence-electron chi connectivity index (χ4n) is 2.68. The minimum atomic E-state index is -2.90. The van der Waals surface area contributed by atoms with E-state index in [1.54, 1.807) is 30.7 Å². The van der Waals surface area contributed by atoms with E-state index in [0.29, 0.717) is 23.8 Å². The van der Waals surface area contributed by atoms with Crippen molar-refractivity contribution in [1.29, 1.82) is 0 Å². The predicted octanol–water partition coefficient (Wildman–Crippen LogP) is 3.32. The van der Waals surface area contributed by atoms with Crippen LogP contribution in [0.4, 0.5) is 14.5 Å². The summed E-state index contributed by atoms with van der Waals surface area (Å²) in [5.74, 6) is -4.36. The molecule has 2 heterocycles. The van der Waals surface area contributed by atoms with Crippen molar-refractivity contribution >= 4 is 23.2 Å². The smallest absolute Gasteiger partial charge is 0.260 e. The van der Waals surface area contributed by atoms with E-state index in [-0.39, 0.29) is 11.6 Å². The van der Waals surface area contributed by atoms with Crippen molar-refractivity contribution in [2.75, 3.05) is 11.4 Å². The first kappa shape index (κ1) is 15.5. The Kier molecular flexibility index (Phi) is 3.56. The molecule has 2 aromatic heterocycles. The summed E-state index contributed by atoms with van der Waals surface area (Å²) in [5, 5.41) is 4.31. The molecule has 0 saturated heterocycles. The summed E-state index contributed by atoms with van der Waals surface area (Å²) in [6, 6.07) is 3.55. The van der Waals surface area contributed by atoms with Crippen molar-refractivity contribution in [2.24, 2.45) is 11.8 Å². The molecule has 4 rings (SSSR count). The van der Waals surface area contributed by atoms with Gasteiger partial charge in [-0.15, -0.1) is 0 Å². The number of pyridine rings is 1. The molecule has 126 valence electrons. The Labute approximate surface area is 142 Å². The molecule has 0 aromatic carbocycles. The number of halogens is 3. The number of carbonyl (C=O) groups is 1. The molecule has 24 heavy (non-hydrogen) atoms. The molecule has 0 bridgehead atoms. The van der Waals surface area contributed by atoms with E-state index in [4.69, 9.17) is 11.6 Å². The van der Waals surface area contributed by atoms with Crippen molar-refractivity contribution in [3.8, 4) is 5.69 Å². The topological polar surface area (TPSA) is 51.0 Å². The van der Waals surface area contributed by atoms with Crippen LogP contribution in [0.2, 0.25) is 5.15 Å². The number of carbonyl (C=O) groups excluding carboxylic acids is 1. The van der Waals surface area contributed by atoms with Crippen molar-refractivity contribution in [2.45, 2.75) is 25.2 Å². The molecule has 8 heteroatoms. The fraction of sp³-hybridized carbons (Fsp3) is 0.438. The molecule has 5 nitrogen and oxygen atoms in total. The number of aromatic nitrogens is 3. The highest BCUT2D eigenvalue weighted by atomic mass is 35.5. The van der Waals surface area contributed by atoms with Gasteiger partial charge in [-0.1, -0.05) is 11.6 Å². The van der Waals surface area contributed by atoms with Crippen molar-refractivity contribution in [3.63, 3.8) is 0 Å². The number of nitrogens with zero attached hydrogens (tertiary/aromatic N) is 4. The minimum absolute atomic E-state index is 0.122. The zero-order chi connectivity index (χ0) is 16.9. The highest BCUT2D eigenvalue weighted by molar-refractivity contribution is 6.32. The molecule has 0 N–H and O–H groups in total. The van der Waals surface area contributed by atoms with Crippen LogP contribution in [0.5, 0.6) is 0 Å². The summed E-state index contributed by atoms with van der Waals surface area (Å²) in [7, 11) is 0. The van der Waals surface area contributed by atoms with Gasteiger partial charge in [-0.05, 0) is 30.9 Å². The normalized spacial score (nSPS) is 21.5. The molecular formula is C16H15ClF2N4O. The van der Waals surface area contributed by atoms with E-state index in [1.807, 2.05) is 0 Å². The molecule has 1 unspecified atom stereocenters. The van der Waals surface area contributed by atoms with Crippen molar-refractivity contribution in [3.05, 3.63) is 35.9 Å². The molecule has 2 aliphatic rings. The van der Waals surface area contributed by atoms with Gasteiger partial charge >= 0.3 is 0 Å². The van der Waals surface area contributed by atoms with Gasteiger partial charge in [0.25, 0.3) is 5.92 Å². The fourth-order valence-corrected chi connectivity index (χ4v) is 2.91. The van der Waals surface area contributed by atoms with Crippen LogP contribution in [0, 0.1) is 11.8 Å². The Hall–Kier alpha value is -2.02. The van der Waals surface area contributed by atoms with Gasteiger partial charge in [0.2, 0.25) is 5.91 Å². The molecule has 0 aliphatic heterocycles. The number of hydrogen-bond donors (Lipinski definition) is 0. The number of alkyl halides is 2. The molecule has 2 aliphatic carbocycles. The SMILES string of the molecule is O=C(C1CC1(F)F)N(CC1CC1)c1cn(-c2cccnc2)nc1Cl. The molecule has 0 radical (unpaired) electrons. The van der Waals surface area contributed by atoms with Crippen molar-refractivity contribution in [1.82, 2.24) is 14.8 Å². The van der Waals surface area contributed by atoms with Crippen molar-refractivity contribution < 1.29 is 13.6 Å². The Bertz CT molecular complexity index is 776. The van der Waals surface area contributed by atoms with Gasteiger partial charge in [-0.25, -0.2) is 13.5 Å². The third-order valence-electron chi connectivity index (χ3n) is 4.38. The van der Waals surface area contributed by atoms with Gasteiger partial charge in [0.1, 0.15) is 11.6 Å². The molecule has 2 fully saturated rings. The molecule has 0 spiro atoms. The average Bonchev–Trinajstić information content (AvgIpc) is 3.46. The summed E-state index contributed by atoms with van der Waals surface area (Å²) in [5.41, 5.74) is 1.06. The van der Waals surface area contributed by atoms with Gasteiger partial charge in [0.05, 0.1) is 18.1 Å². The van der Waals surface area contributed by atoms with E-state index in [9.17, 15) is 13.6 Å². The largest absolute Gasteiger partial charge is 0.308 e. The predicted molar refractivity (Wildman–Crippen MR) is 84.5 cm³/mol. The highest BCUT2D eigenvalue weighted by Gasteiger charge is 2.62. The maximum atomic E-state index is 13.3. The third-order valence-corrected chi connectivity index (χ3v) is 4.65. The van der Waals surface area contributed by atoms with E-state index in [2.05, 4.69) is 10.1 Å². The van der Waals surface area contributed by atoms with Crippen LogP contribution in [0.15, 0.2) is 30.7 Å². The average molecular weight is 353 g/mol. The van der Waals surface area contributed by atoms with Crippen LogP contribution in [0.3, 0.4) is 0 Å². The van der Waals surface area contributed by atoms with Crippen LogP contribution in [-0.2, 0) is 4.79 Å². The summed E-state index contributed by atoms with van der Waals surface area (Å²) < 4.78 is 28.2. The molecule has 2 aromatic rings. The number of anilines is 1. The first-order valence-electron chi connectivity index (χ1n) is 7.80. The van der Waals surface area contributed by atoms with Gasteiger partial charge in [-0.2, -0.15) is 5.10 Å². The molecule has 1 amide bonds. The molecule has 2 saturated carbocycles. The van der Waals surface area contributed by atoms with Gasteiger partial charge < -0.3 is 4.90 Å². The van der Waals surface area contributed by atoms with Crippen LogP contribution in [0.25, 0.3) is 5.69 Å². The summed E-state index contributed by atoms with van der Waals surface area (Å²) >= 11 is 6.20. The first-order valence-corrected chi connectivity index (χ1v) is 8.18. The van der Waals surface area contributed by atoms with E-state index in [1.165, 1.54) is 9.58 Å².